The lowest BCUT2D eigenvalue weighted by Gasteiger charge is -2.16. The number of likely N-dealkylation sites (N-methyl/N-ethyl adjacent to an activating group) is 1. The van der Waals surface area contributed by atoms with Crippen LogP contribution < -0.4 is 5.43 Å². The van der Waals surface area contributed by atoms with Crippen molar-refractivity contribution in [3.63, 3.8) is 0 Å². The molecule has 21 heavy (non-hydrogen) atoms. The average molecular weight is 289 g/mol. The first kappa shape index (κ1) is 16.9. The number of hydrogen-bond donors (Lipinski definition) is 1. The number of carbonyl (C=O) groups excluding carboxylic acids is 2. The van der Waals surface area contributed by atoms with Gasteiger partial charge in [-0.2, -0.15) is 5.10 Å². The Kier molecular flexibility index (Phi) is 7.15. The molecule has 0 bridgehead atoms. The van der Waals surface area contributed by atoms with Gasteiger partial charge in [-0.15, -0.1) is 0 Å². The molecule has 0 aliphatic rings. The summed E-state index contributed by atoms with van der Waals surface area (Å²) in [6.45, 7) is 6.54. The summed E-state index contributed by atoms with van der Waals surface area (Å²) in [5.41, 5.74) is 4.34. The first-order valence-corrected chi connectivity index (χ1v) is 7.24. The molecule has 5 heteroatoms. The second-order valence-corrected chi connectivity index (χ2v) is 4.75. The average Bonchev–Trinajstić information content (AvgIpc) is 2.52. The summed E-state index contributed by atoms with van der Waals surface area (Å²) in [5.74, 6) is -1.22. The summed E-state index contributed by atoms with van der Waals surface area (Å²) in [6, 6.07) is 10.1. The number of carbonyl (C=O) groups is 2. The molecule has 1 aromatic carbocycles. The summed E-state index contributed by atoms with van der Waals surface area (Å²) in [7, 11) is 0. The van der Waals surface area contributed by atoms with Gasteiger partial charge >= 0.3 is 11.8 Å². The first-order chi connectivity index (χ1) is 10.1. The molecule has 0 unspecified atom stereocenters. The predicted octanol–water partition coefficient (Wildman–Crippen LogP) is 1.98. The van der Waals surface area contributed by atoms with Crippen LogP contribution in [0.3, 0.4) is 0 Å². The molecule has 0 saturated heterocycles. The van der Waals surface area contributed by atoms with Crippen LogP contribution >= 0.6 is 0 Å². The van der Waals surface area contributed by atoms with E-state index in [1.54, 1.807) is 0 Å². The van der Waals surface area contributed by atoms with Crippen molar-refractivity contribution in [1.29, 1.82) is 0 Å². The zero-order valence-corrected chi connectivity index (χ0v) is 12.9. The maximum absolute atomic E-state index is 11.7. The second-order valence-electron chi connectivity index (χ2n) is 4.75. The monoisotopic (exact) mass is 289 g/mol. The third kappa shape index (κ3) is 5.77. The maximum Gasteiger partial charge on any atom is 0.329 e. The van der Waals surface area contributed by atoms with Crippen molar-refractivity contribution in [3.05, 3.63) is 35.9 Å². The lowest BCUT2D eigenvalue weighted by atomic mass is 10.1. The number of hydrazone groups is 1. The third-order valence-corrected chi connectivity index (χ3v) is 3.21. The summed E-state index contributed by atoms with van der Waals surface area (Å²) >= 11 is 0. The van der Waals surface area contributed by atoms with E-state index in [0.29, 0.717) is 13.1 Å². The van der Waals surface area contributed by atoms with E-state index in [0.717, 1.165) is 18.6 Å². The Hall–Kier alpha value is -2.17. The summed E-state index contributed by atoms with van der Waals surface area (Å²) in [4.78, 5) is 24.9. The SMILES string of the molecule is CCN(CC)C(=O)C(=O)NN=C(C)CCc1ccccc1. The zero-order chi connectivity index (χ0) is 15.7. The Bertz CT molecular complexity index is 494. The minimum atomic E-state index is -0.683. The van der Waals surface area contributed by atoms with Crippen LogP contribution in [0.2, 0.25) is 0 Å². The molecule has 0 aliphatic carbocycles. The molecule has 2 amide bonds. The second kappa shape index (κ2) is 8.89. The number of nitrogens with zero attached hydrogens (tertiary/aromatic N) is 2. The van der Waals surface area contributed by atoms with Crippen molar-refractivity contribution in [1.82, 2.24) is 10.3 Å². The highest BCUT2D eigenvalue weighted by atomic mass is 16.2. The number of hydrogen-bond acceptors (Lipinski definition) is 3. The Morgan fingerprint density at radius 2 is 1.76 bits per heavy atom. The van der Waals surface area contributed by atoms with E-state index >= 15 is 0 Å². The molecule has 0 heterocycles. The number of rotatable bonds is 6. The van der Waals surface area contributed by atoms with Gasteiger partial charge in [-0.1, -0.05) is 30.3 Å². The lowest BCUT2D eigenvalue weighted by Crippen LogP contribution is -2.41. The molecular weight excluding hydrogens is 266 g/mol. The fourth-order valence-electron chi connectivity index (χ4n) is 1.87. The van der Waals surface area contributed by atoms with Crippen LogP contribution in [0.4, 0.5) is 0 Å². The highest BCUT2D eigenvalue weighted by molar-refractivity contribution is 6.35. The Morgan fingerprint density at radius 1 is 1.14 bits per heavy atom. The van der Waals surface area contributed by atoms with Crippen molar-refractivity contribution in [2.45, 2.75) is 33.6 Å². The largest absolute Gasteiger partial charge is 0.335 e. The molecule has 0 atom stereocenters. The lowest BCUT2D eigenvalue weighted by molar-refractivity contribution is -0.145. The molecule has 0 saturated carbocycles. The molecule has 0 spiro atoms. The summed E-state index contributed by atoms with van der Waals surface area (Å²) in [6.07, 6.45) is 1.60. The smallest absolute Gasteiger partial charge is 0.329 e. The van der Waals surface area contributed by atoms with E-state index in [-0.39, 0.29) is 0 Å². The van der Waals surface area contributed by atoms with Gasteiger partial charge in [-0.25, -0.2) is 5.43 Å². The van der Waals surface area contributed by atoms with Gasteiger partial charge in [-0.3, -0.25) is 9.59 Å². The molecule has 114 valence electrons. The van der Waals surface area contributed by atoms with Crippen LogP contribution in [0.15, 0.2) is 35.4 Å². The van der Waals surface area contributed by atoms with E-state index in [2.05, 4.69) is 22.7 Å². The third-order valence-electron chi connectivity index (χ3n) is 3.21. The molecule has 5 nitrogen and oxygen atoms in total. The highest BCUT2D eigenvalue weighted by Gasteiger charge is 2.18. The molecule has 0 aromatic heterocycles. The number of amides is 2. The van der Waals surface area contributed by atoms with Crippen LogP contribution in [-0.2, 0) is 16.0 Å². The number of aryl methyl sites for hydroxylation is 1. The van der Waals surface area contributed by atoms with E-state index in [1.807, 2.05) is 39.0 Å². The predicted molar refractivity (Wildman–Crippen MR) is 83.9 cm³/mol. The standard InChI is InChI=1S/C16H23N3O2/c1-4-19(5-2)16(21)15(20)18-17-13(3)11-12-14-9-7-6-8-10-14/h6-10H,4-5,11-12H2,1-3H3,(H,18,20). The van der Waals surface area contributed by atoms with Crippen molar-refractivity contribution < 1.29 is 9.59 Å². The van der Waals surface area contributed by atoms with Gasteiger partial charge in [0.25, 0.3) is 0 Å². The Balaban J connectivity index is 2.44. The van der Waals surface area contributed by atoms with Crippen LogP contribution in [0, 0.1) is 0 Å². The molecule has 0 fully saturated rings. The van der Waals surface area contributed by atoms with E-state index in [9.17, 15) is 9.59 Å². The topological polar surface area (TPSA) is 61.8 Å². The van der Waals surface area contributed by atoms with Gasteiger partial charge in [0.15, 0.2) is 0 Å². The molecule has 1 N–H and O–H groups in total. The quantitative estimate of drug-likeness (QED) is 0.494. The van der Waals surface area contributed by atoms with Crippen molar-refractivity contribution in [3.8, 4) is 0 Å². The normalized spacial score (nSPS) is 11.1. The van der Waals surface area contributed by atoms with Crippen LogP contribution in [-0.4, -0.2) is 35.5 Å². The number of benzene rings is 1. The zero-order valence-electron chi connectivity index (χ0n) is 12.9. The summed E-state index contributed by atoms with van der Waals surface area (Å²) < 4.78 is 0. The van der Waals surface area contributed by atoms with E-state index in [1.165, 1.54) is 10.5 Å². The Morgan fingerprint density at radius 3 is 2.33 bits per heavy atom. The molecule has 0 radical (unpaired) electrons. The minimum Gasteiger partial charge on any atom is -0.335 e. The molecular formula is C16H23N3O2. The Labute approximate surface area is 126 Å². The van der Waals surface area contributed by atoms with Crippen LogP contribution in [0.1, 0.15) is 32.8 Å². The number of nitrogens with one attached hydrogen (secondary N) is 1. The van der Waals surface area contributed by atoms with Crippen molar-refractivity contribution in [2.75, 3.05) is 13.1 Å². The fraction of sp³-hybridized carbons (Fsp3) is 0.438. The van der Waals surface area contributed by atoms with Crippen LogP contribution in [0.5, 0.6) is 0 Å². The van der Waals surface area contributed by atoms with E-state index in [4.69, 9.17) is 0 Å². The molecule has 0 aliphatic heterocycles. The summed E-state index contributed by atoms with van der Waals surface area (Å²) in [5, 5.41) is 3.98. The van der Waals surface area contributed by atoms with Gasteiger partial charge in [0.05, 0.1) is 0 Å². The molecule has 1 rings (SSSR count). The van der Waals surface area contributed by atoms with Crippen LogP contribution in [0.25, 0.3) is 0 Å². The van der Waals surface area contributed by atoms with Gasteiger partial charge in [-0.05, 0) is 39.2 Å². The first-order valence-electron chi connectivity index (χ1n) is 7.24. The molecule has 1 aromatic rings. The van der Waals surface area contributed by atoms with Gasteiger partial charge in [0.2, 0.25) is 0 Å². The minimum absolute atomic E-state index is 0.513. The van der Waals surface area contributed by atoms with Crippen molar-refractivity contribution in [2.24, 2.45) is 5.10 Å². The van der Waals surface area contributed by atoms with Gasteiger partial charge < -0.3 is 4.90 Å². The van der Waals surface area contributed by atoms with Gasteiger partial charge in [0.1, 0.15) is 0 Å². The van der Waals surface area contributed by atoms with Crippen molar-refractivity contribution >= 4 is 17.5 Å². The fourth-order valence-corrected chi connectivity index (χ4v) is 1.87. The maximum atomic E-state index is 11.7. The van der Waals surface area contributed by atoms with E-state index < -0.39 is 11.8 Å². The van der Waals surface area contributed by atoms with Gasteiger partial charge in [0, 0.05) is 18.8 Å². The highest BCUT2D eigenvalue weighted by Crippen LogP contribution is 2.03.